The van der Waals surface area contributed by atoms with Crippen molar-refractivity contribution in [2.24, 2.45) is 5.41 Å². The minimum Gasteiger partial charge on any atom is -0.460 e. The number of hydrogen-bond acceptors (Lipinski definition) is 5. The Kier molecular flexibility index (Phi) is 6.77. The van der Waals surface area contributed by atoms with Crippen LogP contribution in [-0.4, -0.2) is 48.1 Å². The van der Waals surface area contributed by atoms with Gasteiger partial charge in [0.05, 0.1) is 49.7 Å². The van der Waals surface area contributed by atoms with Crippen LogP contribution in [-0.2, 0) is 40.3 Å². The van der Waals surface area contributed by atoms with E-state index < -0.39 is 11.0 Å². The summed E-state index contributed by atoms with van der Waals surface area (Å²) in [5, 5.41) is 3.96. The highest BCUT2D eigenvalue weighted by atomic mass is 32.1. The number of carbonyl (C=O) groups is 2. The third-order valence-corrected chi connectivity index (χ3v) is 7.13. The minimum atomic E-state index is -0.847. The van der Waals surface area contributed by atoms with Gasteiger partial charge in [0.2, 0.25) is 5.91 Å². The molecule has 0 radical (unpaired) electrons. The van der Waals surface area contributed by atoms with E-state index in [9.17, 15) is 9.59 Å². The molecule has 7 heteroatoms. The lowest BCUT2D eigenvalue weighted by Gasteiger charge is -2.28. The molecule has 1 aliphatic rings. The molecule has 1 heterocycles. The first kappa shape index (κ1) is 25.3. The van der Waals surface area contributed by atoms with Crippen molar-refractivity contribution >= 4 is 33.4 Å². The van der Waals surface area contributed by atoms with Crippen LogP contribution in [0.1, 0.15) is 48.9 Å². The molecule has 1 aliphatic carbocycles. The fraction of sp³-hybridized carbons (Fsp3) is 0.464. The van der Waals surface area contributed by atoms with Gasteiger partial charge in [-0.05, 0) is 56.9 Å². The van der Waals surface area contributed by atoms with Gasteiger partial charge in [0.15, 0.2) is 0 Å². The lowest BCUT2D eigenvalue weighted by atomic mass is 9.80. The highest BCUT2D eigenvalue weighted by molar-refractivity contribution is 7.18. The number of esters is 1. The average Bonchev–Trinajstić information content (AvgIpc) is 3.30. The monoisotopic (exact) mass is 494 g/mol. The molecule has 4 rings (SSSR count). The van der Waals surface area contributed by atoms with E-state index in [4.69, 9.17) is 9.72 Å². The number of benzene rings is 2. The zero-order chi connectivity index (χ0) is 25.4. The maximum Gasteiger partial charge on any atom is 0.307 e. The Morgan fingerprint density at radius 1 is 1.09 bits per heavy atom. The van der Waals surface area contributed by atoms with Crippen LogP contribution in [0.2, 0.25) is 0 Å². The number of amides is 1. The first-order chi connectivity index (χ1) is 16.3. The number of rotatable bonds is 7. The third-order valence-electron chi connectivity index (χ3n) is 6.11. The molecule has 3 aromatic rings. The van der Waals surface area contributed by atoms with Gasteiger partial charge in [0.1, 0.15) is 17.2 Å². The molecule has 1 N–H and O–H groups in total. The van der Waals surface area contributed by atoms with Gasteiger partial charge >= 0.3 is 5.97 Å². The van der Waals surface area contributed by atoms with E-state index in [0.717, 1.165) is 37.4 Å². The molecule has 0 unspecified atom stereocenters. The van der Waals surface area contributed by atoms with E-state index in [0.29, 0.717) is 19.4 Å². The molecule has 0 bridgehead atoms. The molecule has 186 valence electrons. The summed E-state index contributed by atoms with van der Waals surface area (Å²) < 4.78 is 7.57. The fourth-order valence-electron chi connectivity index (χ4n) is 4.80. The lowest BCUT2D eigenvalue weighted by molar-refractivity contribution is -0.883. The molecule has 0 atom stereocenters. The van der Waals surface area contributed by atoms with Crippen molar-refractivity contribution in [1.29, 1.82) is 0 Å². The van der Waals surface area contributed by atoms with Crippen LogP contribution >= 0.6 is 11.3 Å². The molecule has 1 aromatic heterocycles. The zero-order valence-electron chi connectivity index (χ0n) is 21.6. The molecular weight excluding hydrogens is 458 g/mol. The first-order valence-corrected chi connectivity index (χ1v) is 12.9. The number of ether oxygens (including phenoxy) is 1. The second-order valence-electron chi connectivity index (χ2n) is 11.7. The third kappa shape index (κ3) is 6.27. The Labute approximate surface area is 211 Å². The van der Waals surface area contributed by atoms with Crippen molar-refractivity contribution in [3.63, 3.8) is 0 Å². The van der Waals surface area contributed by atoms with Crippen molar-refractivity contribution in [1.82, 2.24) is 10.3 Å². The van der Waals surface area contributed by atoms with E-state index in [2.05, 4.69) is 44.7 Å². The summed E-state index contributed by atoms with van der Waals surface area (Å²) in [6, 6.07) is 14.4. The van der Waals surface area contributed by atoms with E-state index in [1.165, 1.54) is 5.56 Å². The van der Waals surface area contributed by atoms with E-state index in [-0.39, 0.29) is 18.3 Å². The largest absolute Gasteiger partial charge is 0.460 e. The van der Waals surface area contributed by atoms with Gasteiger partial charge in [-0.1, -0.05) is 30.3 Å². The number of hydrogen-bond donors (Lipinski definition) is 1. The summed E-state index contributed by atoms with van der Waals surface area (Å²) in [5.74, 6) is -0.463. The number of thiazole rings is 1. The first-order valence-electron chi connectivity index (χ1n) is 12.1. The number of carbonyl (C=O) groups excluding carboxylic acids is 2. The molecule has 0 fully saturated rings. The molecule has 2 aromatic carbocycles. The van der Waals surface area contributed by atoms with E-state index in [1.54, 1.807) is 11.3 Å². The van der Waals surface area contributed by atoms with Gasteiger partial charge in [0.25, 0.3) is 0 Å². The standard InChI is InChI=1S/C28H35N3O3S/c1-27(2,3)34-25(32)16-28(14-20-9-7-8-10-21(20)15-28)26(33)29-17-24-30-22-12-11-19(13-23(22)35-24)18-31(4,5)6/h7-13H,14-18H2,1-6H3/p+1. The smallest absolute Gasteiger partial charge is 0.307 e. The fourth-order valence-corrected chi connectivity index (χ4v) is 5.77. The van der Waals surface area contributed by atoms with Crippen molar-refractivity contribution < 1.29 is 18.8 Å². The lowest BCUT2D eigenvalue weighted by Crippen LogP contribution is -2.44. The van der Waals surface area contributed by atoms with Crippen molar-refractivity contribution in [3.8, 4) is 0 Å². The molecule has 6 nitrogen and oxygen atoms in total. The van der Waals surface area contributed by atoms with Crippen LogP contribution in [0.3, 0.4) is 0 Å². The Balaban J connectivity index is 1.50. The molecule has 35 heavy (non-hydrogen) atoms. The van der Waals surface area contributed by atoms with Crippen LogP contribution < -0.4 is 5.32 Å². The van der Waals surface area contributed by atoms with Gasteiger partial charge in [0, 0.05) is 5.56 Å². The molecule has 1 amide bonds. The minimum absolute atomic E-state index is 0.0546. The topological polar surface area (TPSA) is 68.3 Å². The second-order valence-corrected chi connectivity index (χ2v) is 12.8. The SMILES string of the molecule is CC(C)(C)OC(=O)CC1(C(=O)NCc2nc3ccc(C[N+](C)(C)C)cc3s2)Cc2ccccc2C1. The Hall–Kier alpha value is -2.77. The van der Waals surface area contributed by atoms with Crippen LogP contribution in [0.25, 0.3) is 10.2 Å². The summed E-state index contributed by atoms with van der Waals surface area (Å²) >= 11 is 1.61. The molecule has 0 spiro atoms. The van der Waals surface area contributed by atoms with Crippen molar-refractivity contribution in [2.75, 3.05) is 21.1 Å². The number of nitrogens with zero attached hydrogens (tertiary/aromatic N) is 2. The highest BCUT2D eigenvalue weighted by Crippen LogP contribution is 2.41. The summed E-state index contributed by atoms with van der Waals surface area (Å²) in [7, 11) is 6.52. The average molecular weight is 495 g/mol. The van der Waals surface area contributed by atoms with Gasteiger partial charge in [-0.15, -0.1) is 11.3 Å². The van der Waals surface area contributed by atoms with Crippen LogP contribution in [0.4, 0.5) is 0 Å². The van der Waals surface area contributed by atoms with E-state index >= 15 is 0 Å². The summed E-state index contributed by atoms with van der Waals surface area (Å²) in [6.07, 6.45) is 1.12. The van der Waals surface area contributed by atoms with Crippen LogP contribution in [0.15, 0.2) is 42.5 Å². The maximum atomic E-state index is 13.6. The summed E-state index contributed by atoms with van der Waals surface area (Å²) in [5.41, 5.74) is 3.02. The predicted octanol–water partition coefficient (Wildman–Crippen LogP) is 4.64. The number of fused-ring (bicyclic) bond motifs is 2. The zero-order valence-corrected chi connectivity index (χ0v) is 22.4. The quantitative estimate of drug-likeness (QED) is 0.384. The summed E-state index contributed by atoms with van der Waals surface area (Å²) in [6.45, 7) is 6.82. The molecule has 0 saturated heterocycles. The second kappa shape index (κ2) is 9.36. The van der Waals surface area contributed by atoms with Crippen molar-refractivity contribution in [2.45, 2.75) is 58.7 Å². The van der Waals surface area contributed by atoms with Gasteiger partial charge in [-0.25, -0.2) is 4.98 Å². The molecule has 0 saturated carbocycles. The predicted molar refractivity (Wildman–Crippen MR) is 140 cm³/mol. The Morgan fingerprint density at radius 2 is 1.74 bits per heavy atom. The van der Waals surface area contributed by atoms with Gasteiger partial charge in [-0.2, -0.15) is 0 Å². The summed E-state index contributed by atoms with van der Waals surface area (Å²) in [4.78, 5) is 31.1. The van der Waals surface area contributed by atoms with Gasteiger partial charge in [-0.3, -0.25) is 9.59 Å². The molecule has 0 aliphatic heterocycles. The van der Waals surface area contributed by atoms with E-state index in [1.807, 2.05) is 45.0 Å². The Bertz CT molecular complexity index is 1230. The maximum absolute atomic E-state index is 13.6. The van der Waals surface area contributed by atoms with Crippen LogP contribution in [0.5, 0.6) is 0 Å². The number of aromatic nitrogens is 1. The number of quaternary nitrogens is 1. The Morgan fingerprint density at radius 3 is 2.34 bits per heavy atom. The molecular formula is C28H36N3O3S+. The van der Waals surface area contributed by atoms with Crippen molar-refractivity contribution in [3.05, 3.63) is 64.2 Å². The van der Waals surface area contributed by atoms with Gasteiger partial charge < -0.3 is 14.5 Å². The number of nitrogens with one attached hydrogen (secondary N) is 1. The highest BCUT2D eigenvalue weighted by Gasteiger charge is 2.46. The normalized spacial score (nSPS) is 15.1. The van der Waals surface area contributed by atoms with Crippen LogP contribution in [0, 0.1) is 5.41 Å².